The Bertz CT molecular complexity index is 923. The second kappa shape index (κ2) is 8.63. The fourth-order valence-corrected chi connectivity index (χ4v) is 3.53. The van der Waals surface area contributed by atoms with Crippen LogP contribution in [0.25, 0.3) is 11.4 Å². The monoisotopic (exact) mass is 399 g/mol. The minimum absolute atomic E-state index is 0.178. The largest absolute Gasteiger partial charge is 0.493 e. The number of nitrogens with zero attached hydrogens (tertiary/aromatic N) is 3. The first-order valence-corrected chi connectivity index (χ1v) is 9.69. The first kappa shape index (κ1) is 18.8. The van der Waals surface area contributed by atoms with Gasteiger partial charge in [0.15, 0.2) is 11.5 Å². The maximum Gasteiger partial charge on any atom is 0.241 e. The third-order valence-corrected chi connectivity index (χ3v) is 5.04. The predicted octanol–water partition coefficient (Wildman–Crippen LogP) is 4.44. The standard InChI is InChI=1S/C21H22ClN3O3/c1-26-18-7-2-3-8-19(18)27-17-9-11-25(12-10-17)14-20-23-21(24-28-20)15-5-4-6-16(22)13-15/h2-8,13,17H,9-12,14H2,1H3. The van der Waals surface area contributed by atoms with E-state index >= 15 is 0 Å². The molecule has 0 bridgehead atoms. The van der Waals surface area contributed by atoms with E-state index in [1.54, 1.807) is 7.11 Å². The van der Waals surface area contributed by atoms with Crippen molar-refractivity contribution in [2.24, 2.45) is 0 Å². The first-order chi connectivity index (χ1) is 13.7. The number of aromatic nitrogens is 2. The van der Waals surface area contributed by atoms with Gasteiger partial charge in [0.25, 0.3) is 0 Å². The highest BCUT2D eigenvalue weighted by Gasteiger charge is 2.23. The smallest absolute Gasteiger partial charge is 0.241 e. The number of benzene rings is 2. The van der Waals surface area contributed by atoms with Gasteiger partial charge in [0.05, 0.1) is 13.7 Å². The van der Waals surface area contributed by atoms with Gasteiger partial charge in [0.2, 0.25) is 11.7 Å². The van der Waals surface area contributed by atoms with Gasteiger partial charge in [-0.15, -0.1) is 0 Å². The lowest BCUT2D eigenvalue weighted by Gasteiger charge is -2.31. The van der Waals surface area contributed by atoms with Gasteiger partial charge in [0, 0.05) is 23.7 Å². The Balaban J connectivity index is 1.31. The summed E-state index contributed by atoms with van der Waals surface area (Å²) in [5.74, 6) is 2.74. The molecule has 0 N–H and O–H groups in total. The van der Waals surface area contributed by atoms with Gasteiger partial charge in [-0.2, -0.15) is 4.98 Å². The van der Waals surface area contributed by atoms with Crippen LogP contribution in [-0.4, -0.2) is 41.3 Å². The van der Waals surface area contributed by atoms with E-state index in [0.717, 1.165) is 43.0 Å². The van der Waals surface area contributed by atoms with Crippen LogP contribution in [-0.2, 0) is 6.54 Å². The van der Waals surface area contributed by atoms with Crippen LogP contribution in [0.4, 0.5) is 0 Å². The molecule has 7 heteroatoms. The van der Waals surface area contributed by atoms with Crippen LogP contribution in [0.5, 0.6) is 11.5 Å². The number of piperidine rings is 1. The molecule has 0 radical (unpaired) electrons. The Morgan fingerprint density at radius 2 is 1.89 bits per heavy atom. The fraction of sp³-hybridized carbons (Fsp3) is 0.333. The van der Waals surface area contributed by atoms with Crippen molar-refractivity contribution in [3.8, 4) is 22.9 Å². The van der Waals surface area contributed by atoms with Gasteiger partial charge in [-0.3, -0.25) is 4.90 Å². The molecule has 0 saturated carbocycles. The van der Waals surface area contributed by atoms with E-state index < -0.39 is 0 Å². The summed E-state index contributed by atoms with van der Waals surface area (Å²) in [4.78, 5) is 6.80. The van der Waals surface area contributed by atoms with E-state index in [2.05, 4.69) is 15.0 Å². The molecule has 3 aromatic rings. The van der Waals surface area contributed by atoms with Gasteiger partial charge in [-0.05, 0) is 37.1 Å². The highest BCUT2D eigenvalue weighted by molar-refractivity contribution is 6.30. The molecule has 2 heterocycles. The highest BCUT2D eigenvalue weighted by atomic mass is 35.5. The van der Waals surface area contributed by atoms with Crippen molar-refractivity contribution in [2.45, 2.75) is 25.5 Å². The molecule has 0 spiro atoms. The molecular formula is C21H22ClN3O3. The minimum Gasteiger partial charge on any atom is -0.493 e. The Morgan fingerprint density at radius 3 is 2.64 bits per heavy atom. The summed E-state index contributed by atoms with van der Waals surface area (Å²) in [5, 5.41) is 4.73. The third-order valence-electron chi connectivity index (χ3n) is 4.81. The first-order valence-electron chi connectivity index (χ1n) is 9.32. The molecule has 0 atom stereocenters. The summed E-state index contributed by atoms with van der Waals surface area (Å²) in [5.41, 5.74) is 0.853. The van der Waals surface area contributed by atoms with Crippen LogP contribution >= 0.6 is 11.6 Å². The van der Waals surface area contributed by atoms with Gasteiger partial charge < -0.3 is 14.0 Å². The molecule has 1 fully saturated rings. The Morgan fingerprint density at radius 1 is 1.11 bits per heavy atom. The molecular weight excluding hydrogens is 378 g/mol. The van der Waals surface area contributed by atoms with Crippen LogP contribution in [0, 0.1) is 0 Å². The summed E-state index contributed by atoms with van der Waals surface area (Å²) in [6.07, 6.45) is 2.05. The zero-order valence-corrected chi connectivity index (χ0v) is 16.4. The molecule has 2 aromatic carbocycles. The topological polar surface area (TPSA) is 60.6 Å². The van der Waals surface area contributed by atoms with E-state index in [0.29, 0.717) is 23.3 Å². The van der Waals surface area contributed by atoms with E-state index in [-0.39, 0.29) is 6.10 Å². The van der Waals surface area contributed by atoms with Crippen molar-refractivity contribution >= 4 is 11.6 Å². The van der Waals surface area contributed by atoms with Crippen molar-refractivity contribution < 1.29 is 14.0 Å². The van der Waals surface area contributed by atoms with E-state index in [4.69, 9.17) is 25.6 Å². The average Bonchev–Trinajstić information content (AvgIpc) is 3.18. The van der Waals surface area contributed by atoms with Gasteiger partial charge in [0.1, 0.15) is 6.10 Å². The highest BCUT2D eigenvalue weighted by Crippen LogP contribution is 2.29. The molecule has 0 unspecified atom stereocenters. The van der Waals surface area contributed by atoms with Crippen molar-refractivity contribution in [3.05, 3.63) is 59.4 Å². The molecule has 4 rings (SSSR count). The number of hydrogen-bond donors (Lipinski definition) is 0. The lowest BCUT2D eigenvalue weighted by atomic mass is 10.1. The molecule has 1 aromatic heterocycles. The van der Waals surface area contributed by atoms with Crippen LogP contribution < -0.4 is 9.47 Å². The zero-order valence-electron chi connectivity index (χ0n) is 15.7. The number of halogens is 1. The average molecular weight is 400 g/mol. The number of hydrogen-bond acceptors (Lipinski definition) is 6. The van der Waals surface area contributed by atoms with E-state index in [1.165, 1.54) is 0 Å². The number of para-hydroxylation sites is 2. The summed E-state index contributed by atoms with van der Waals surface area (Å²) in [7, 11) is 1.66. The van der Waals surface area contributed by atoms with Crippen molar-refractivity contribution in [2.75, 3.05) is 20.2 Å². The summed E-state index contributed by atoms with van der Waals surface area (Å²) in [6.45, 7) is 2.46. The number of ether oxygens (including phenoxy) is 2. The Kier molecular flexibility index (Phi) is 5.78. The van der Waals surface area contributed by atoms with Gasteiger partial charge in [-0.25, -0.2) is 0 Å². The molecule has 146 valence electrons. The number of rotatable bonds is 6. The van der Waals surface area contributed by atoms with E-state index in [9.17, 15) is 0 Å². The summed E-state index contributed by atoms with van der Waals surface area (Å²) >= 11 is 6.03. The number of methoxy groups -OCH3 is 1. The van der Waals surface area contributed by atoms with Gasteiger partial charge >= 0.3 is 0 Å². The van der Waals surface area contributed by atoms with Crippen LogP contribution in [0.2, 0.25) is 5.02 Å². The molecule has 1 aliphatic heterocycles. The minimum atomic E-state index is 0.178. The van der Waals surface area contributed by atoms with Crippen LogP contribution in [0.15, 0.2) is 53.1 Å². The van der Waals surface area contributed by atoms with Crippen LogP contribution in [0.1, 0.15) is 18.7 Å². The van der Waals surface area contributed by atoms with Gasteiger partial charge in [-0.1, -0.05) is 41.0 Å². The lowest BCUT2D eigenvalue weighted by molar-refractivity contribution is 0.0882. The normalized spacial score (nSPS) is 15.5. The Labute approximate surface area is 169 Å². The SMILES string of the molecule is COc1ccccc1OC1CCN(Cc2nc(-c3cccc(Cl)c3)no2)CC1. The molecule has 0 amide bonds. The van der Waals surface area contributed by atoms with Crippen molar-refractivity contribution in [1.29, 1.82) is 0 Å². The molecule has 1 aliphatic rings. The lowest BCUT2D eigenvalue weighted by Crippen LogP contribution is -2.37. The summed E-state index contributed by atoms with van der Waals surface area (Å²) in [6, 6.07) is 15.2. The second-order valence-electron chi connectivity index (χ2n) is 6.77. The number of likely N-dealkylation sites (tertiary alicyclic amines) is 1. The zero-order chi connectivity index (χ0) is 19.3. The van der Waals surface area contributed by atoms with E-state index in [1.807, 2.05) is 48.5 Å². The predicted molar refractivity (Wildman–Crippen MR) is 107 cm³/mol. The summed E-state index contributed by atoms with van der Waals surface area (Å²) < 4.78 is 16.9. The van der Waals surface area contributed by atoms with Crippen molar-refractivity contribution in [3.63, 3.8) is 0 Å². The fourth-order valence-electron chi connectivity index (χ4n) is 3.34. The molecule has 28 heavy (non-hydrogen) atoms. The molecule has 1 saturated heterocycles. The third kappa shape index (κ3) is 4.46. The quantitative estimate of drug-likeness (QED) is 0.610. The maximum atomic E-state index is 6.13. The van der Waals surface area contributed by atoms with Crippen molar-refractivity contribution in [1.82, 2.24) is 15.0 Å². The maximum absolute atomic E-state index is 6.13. The molecule has 6 nitrogen and oxygen atoms in total. The second-order valence-corrected chi connectivity index (χ2v) is 7.20. The van der Waals surface area contributed by atoms with Crippen LogP contribution in [0.3, 0.4) is 0 Å². The Hall–Kier alpha value is -2.57. The molecule has 0 aliphatic carbocycles.